The quantitative estimate of drug-likeness (QED) is 0.344. The first kappa shape index (κ1) is 23.7. The van der Waals surface area contributed by atoms with Crippen LogP contribution in [0.4, 0.5) is 39.3 Å². The smallest absolute Gasteiger partial charge is 0.324 e. The van der Waals surface area contributed by atoms with Crippen molar-refractivity contribution in [1.82, 2.24) is 14.9 Å². The SMILES string of the molecule is COc1cc(N2CCN(C)CC2)ccc1Nc1nccc(NC(=O)Nc2cccc([N+](=O)[O-])c2)n1. The summed E-state index contributed by atoms with van der Waals surface area (Å²) in [5, 5.41) is 19.2. The molecule has 1 aliphatic heterocycles. The Morgan fingerprint density at radius 2 is 1.89 bits per heavy atom. The maximum atomic E-state index is 12.3. The first-order valence-corrected chi connectivity index (χ1v) is 11.0. The summed E-state index contributed by atoms with van der Waals surface area (Å²) in [5.74, 6) is 1.16. The molecule has 2 heterocycles. The number of carbonyl (C=O) groups excluding carboxylic acids is 1. The highest BCUT2D eigenvalue weighted by Crippen LogP contribution is 2.32. The van der Waals surface area contributed by atoms with Crippen LogP contribution in [0.5, 0.6) is 5.75 Å². The average molecular weight is 479 g/mol. The number of carbonyl (C=O) groups is 1. The largest absolute Gasteiger partial charge is 0.494 e. The molecule has 1 saturated heterocycles. The van der Waals surface area contributed by atoms with Crippen molar-refractivity contribution in [3.05, 3.63) is 64.8 Å². The van der Waals surface area contributed by atoms with Gasteiger partial charge in [0.15, 0.2) is 0 Å². The molecule has 1 aromatic heterocycles. The number of nitro groups is 1. The lowest BCUT2D eigenvalue weighted by Gasteiger charge is -2.34. The van der Waals surface area contributed by atoms with Gasteiger partial charge in [0.05, 0.1) is 17.7 Å². The third-order valence-electron chi connectivity index (χ3n) is 5.51. The third kappa shape index (κ3) is 6.12. The minimum atomic E-state index is -0.593. The summed E-state index contributed by atoms with van der Waals surface area (Å²) in [5.41, 5.74) is 1.93. The van der Waals surface area contributed by atoms with E-state index in [-0.39, 0.29) is 23.1 Å². The number of benzene rings is 2. The first-order chi connectivity index (χ1) is 16.9. The van der Waals surface area contributed by atoms with Crippen molar-refractivity contribution >= 4 is 40.5 Å². The van der Waals surface area contributed by atoms with Crippen LogP contribution in [-0.2, 0) is 0 Å². The van der Waals surface area contributed by atoms with Gasteiger partial charge in [0.1, 0.15) is 11.6 Å². The zero-order valence-corrected chi connectivity index (χ0v) is 19.4. The van der Waals surface area contributed by atoms with Crippen LogP contribution in [0.2, 0.25) is 0 Å². The Morgan fingerprint density at radius 3 is 2.63 bits per heavy atom. The van der Waals surface area contributed by atoms with E-state index in [2.05, 4.69) is 42.8 Å². The molecule has 3 N–H and O–H groups in total. The number of amides is 2. The number of hydrogen-bond donors (Lipinski definition) is 3. The summed E-state index contributed by atoms with van der Waals surface area (Å²) >= 11 is 0. The number of nitro benzene ring substituents is 1. The van der Waals surface area contributed by atoms with Crippen LogP contribution >= 0.6 is 0 Å². The number of likely N-dealkylation sites (N-methyl/N-ethyl adjacent to an activating group) is 1. The molecule has 0 bridgehead atoms. The maximum absolute atomic E-state index is 12.3. The molecule has 2 aromatic carbocycles. The van der Waals surface area contributed by atoms with E-state index in [1.165, 1.54) is 30.5 Å². The van der Waals surface area contributed by atoms with E-state index >= 15 is 0 Å². The molecule has 1 aliphatic rings. The van der Waals surface area contributed by atoms with Crippen LogP contribution in [0.1, 0.15) is 0 Å². The number of aromatic nitrogens is 2. The van der Waals surface area contributed by atoms with E-state index in [9.17, 15) is 14.9 Å². The van der Waals surface area contributed by atoms with Crippen LogP contribution in [0, 0.1) is 10.1 Å². The minimum Gasteiger partial charge on any atom is -0.494 e. The van der Waals surface area contributed by atoms with Crippen molar-refractivity contribution in [2.24, 2.45) is 0 Å². The number of urea groups is 1. The Hall–Kier alpha value is -4.45. The Labute approximate surface area is 202 Å². The molecule has 0 aliphatic carbocycles. The van der Waals surface area contributed by atoms with E-state index in [4.69, 9.17) is 4.74 Å². The normalized spacial score (nSPS) is 13.7. The molecule has 12 heteroatoms. The van der Waals surface area contributed by atoms with E-state index in [1.54, 1.807) is 13.2 Å². The highest BCUT2D eigenvalue weighted by molar-refractivity contribution is 5.99. The fraction of sp³-hybridized carbons (Fsp3) is 0.261. The predicted octanol–water partition coefficient (Wildman–Crippen LogP) is 3.53. The number of methoxy groups -OCH3 is 1. The standard InChI is InChI=1S/C23H26N8O4/c1-29-10-12-30(13-11-29)17-6-7-19(20(15-17)35-2)26-22-24-9-8-21(27-22)28-23(32)25-16-4-3-5-18(14-16)31(33)34/h3-9,14-15H,10-13H2,1-2H3,(H3,24,25,26,27,28,32). The maximum Gasteiger partial charge on any atom is 0.324 e. The van der Waals surface area contributed by atoms with Crippen LogP contribution in [0.3, 0.4) is 0 Å². The Kier molecular flexibility index (Phi) is 7.21. The number of non-ortho nitro benzene ring substituents is 1. The second kappa shape index (κ2) is 10.7. The summed E-state index contributed by atoms with van der Waals surface area (Å²) in [7, 11) is 3.72. The third-order valence-corrected chi connectivity index (χ3v) is 5.51. The number of ether oxygens (including phenoxy) is 1. The van der Waals surface area contributed by atoms with Crippen molar-refractivity contribution in [3.8, 4) is 5.75 Å². The van der Waals surface area contributed by atoms with Crippen LogP contribution in [0.25, 0.3) is 0 Å². The van der Waals surface area contributed by atoms with Gasteiger partial charge in [0, 0.05) is 61.9 Å². The van der Waals surface area contributed by atoms with Crippen molar-refractivity contribution < 1.29 is 14.5 Å². The van der Waals surface area contributed by atoms with E-state index < -0.39 is 11.0 Å². The summed E-state index contributed by atoms with van der Waals surface area (Å²) in [6.45, 7) is 3.90. The van der Waals surface area contributed by atoms with Gasteiger partial charge >= 0.3 is 6.03 Å². The molecule has 35 heavy (non-hydrogen) atoms. The van der Waals surface area contributed by atoms with Gasteiger partial charge in [-0.15, -0.1) is 0 Å². The lowest BCUT2D eigenvalue weighted by atomic mass is 10.2. The Morgan fingerprint density at radius 1 is 1.09 bits per heavy atom. The molecule has 0 spiro atoms. The van der Waals surface area contributed by atoms with E-state index in [0.717, 1.165) is 31.9 Å². The predicted molar refractivity (Wildman–Crippen MR) is 134 cm³/mol. The summed E-state index contributed by atoms with van der Waals surface area (Å²) < 4.78 is 5.57. The average Bonchev–Trinajstić information content (AvgIpc) is 2.85. The number of nitrogens with zero attached hydrogens (tertiary/aromatic N) is 5. The van der Waals surface area contributed by atoms with Gasteiger partial charge in [-0.2, -0.15) is 4.98 Å². The van der Waals surface area contributed by atoms with Crippen molar-refractivity contribution in [2.75, 3.05) is 61.2 Å². The minimum absolute atomic E-state index is 0.121. The molecule has 0 radical (unpaired) electrons. The number of nitrogens with one attached hydrogen (secondary N) is 3. The zero-order chi connectivity index (χ0) is 24.8. The highest BCUT2D eigenvalue weighted by atomic mass is 16.6. The fourth-order valence-electron chi connectivity index (χ4n) is 3.63. The fourth-order valence-corrected chi connectivity index (χ4v) is 3.63. The summed E-state index contributed by atoms with van der Waals surface area (Å²) in [6.07, 6.45) is 1.50. The van der Waals surface area contributed by atoms with Gasteiger partial charge in [-0.25, -0.2) is 9.78 Å². The van der Waals surface area contributed by atoms with Crippen LogP contribution in [0.15, 0.2) is 54.7 Å². The van der Waals surface area contributed by atoms with Gasteiger partial charge in [-0.05, 0) is 31.3 Å². The monoisotopic (exact) mass is 478 g/mol. The first-order valence-electron chi connectivity index (χ1n) is 11.0. The lowest BCUT2D eigenvalue weighted by Crippen LogP contribution is -2.44. The Balaban J connectivity index is 1.42. The Bertz CT molecular complexity index is 1210. The van der Waals surface area contributed by atoms with Crippen molar-refractivity contribution in [2.45, 2.75) is 0 Å². The van der Waals surface area contributed by atoms with Crippen molar-refractivity contribution in [1.29, 1.82) is 0 Å². The van der Waals surface area contributed by atoms with Gasteiger partial charge in [0.25, 0.3) is 5.69 Å². The molecule has 4 rings (SSSR count). The summed E-state index contributed by atoms with van der Waals surface area (Å²) in [4.78, 5) is 35.9. The molecule has 3 aromatic rings. The van der Waals surface area contributed by atoms with E-state index in [0.29, 0.717) is 11.4 Å². The van der Waals surface area contributed by atoms with Crippen LogP contribution < -0.4 is 25.6 Å². The van der Waals surface area contributed by atoms with Gasteiger partial charge in [-0.3, -0.25) is 15.4 Å². The molecule has 2 amide bonds. The van der Waals surface area contributed by atoms with Crippen LogP contribution in [-0.4, -0.2) is 66.2 Å². The molecular formula is C23H26N8O4. The van der Waals surface area contributed by atoms with Gasteiger partial charge in [-0.1, -0.05) is 6.07 Å². The number of piperazine rings is 1. The second-order valence-corrected chi connectivity index (χ2v) is 7.95. The lowest BCUT2D eigenvalue weighted by molar-refractivity contribution is -0.384. The van der Waals surface area contributed by atoms with Crippen molar-refractivity contribution in [3.63, 3.8) is 0 Å². The zero-order valence-electron chi connectivity index (χ0n) is 19.4. The van der Waals surface area contributed by atoms with Gasteiger partial charge < -0.3 is 25.2 Å². The second-order valence-electron chi connectivity index (χ2n) is 7.95. The molecule has 0 atom stereocenters. The topological polar surface area (TPSA) is 138 Å². The number of hydrogen-bond acceptors (Lipinski definition) is 9. The van der Waals surface area contributed by atoms with E-state index in [1.807, 2.05) is 18.2 Å². The number of rotatable bonds is 7. The highest BCUT2D eigenvalue weighted by Gasteiger charge is 2.16. The molecule has 1 fully saturated rings. The summed E-state index contributed by atoms with van der Waals surface area (Å²) in [6, 6.07) is 12.5. The van der Waals surface area contributed by atoms with Gasteiger partial charge in [0.2, 0.25) is 5.95 Å². The molecule has 0 unspecified atom stereocenters. The molecule has 182 valence electrons. The number of anilines is 5. The molecule has 0 saturated carbocycles. The molecular weight excluding hydrogens is 452 g/mol. The molecule has 12 nitrogen and oxygen atoms in total.